The number of phenolic OH excluding ortho intramolecular Hbond substituents is 1. The first-order valence-corrected chi connectivity index (χ1v) is 8.02. The van der Waals surface area contributed by atoms with Crippen LogP contribution in [-0.2, 0) is 10.5 Å². The number of nitro groups is 1. The third kappa shape index (κ3) is 4.72. The third-order valence-electron chi connectivity index (χ3n) is 3.22. The second-order valence-electron chi connectivity index (χ2n) is 4.93. The smallest absolute Gasteiger partial charge is 0.271 e. The van der Waals surface area contributed by atoms with E-state index in [1.54, 1.807) is 0 Å². The zero-order valence-electron chi connectivity index (χ0n) is 12.5. The van der Waals surface area contributed by atoms with Gasteiger partial charge in [0, 0.05) is 17.9 Å². The maximum Gasteiger partial charge on any atom is 0.271 e. The Morgan fingerprint density at radius 3 is 2.74 bits per heavy atom. The molecule has 0 aliphatic rings. The first-order chi connectivity index (χ1) is 11.0. The van der Waals surface area contributed by atoms with E-state index in [4.69, 9.17) is 0 Å². The number of rotatable bonds is 6. The number of phenols is 1. The normalized spacial score (nSPS) is 10.3. The fraction of sp³-hybridized carbons (Fsp3) is 0.188. The van der Waals surface area contributed by atoms with Crippen molar-refractivity contribution in [3.8, 4) is 5.75 Å². The number of amides is 1. The molecule has 1 amide bonds. The van der Waals surface area contributed by atoms with Crippen LogP contribution in [-0.4, -0.2) is 21.7 Å². The monoisotopic (exact) mass is 332 g/mol. The minimum absolute atomic E-state index is 0.0423. The van der Waals surface area contributed by atoms with Crippen molar-refractivity contribution in [2.45, 2.75) is 12.7 Å². The first-order valence-electron chi connectivity index (χ1n) is 6.87. The van der Waals surface area contributed by atoms with E-state index < -0.39 is 4.92 Å². The maximum atomic E-state index is 11.9. The second kappa shape index (κ2) is 7.64. The van der Waals surface area contributed by atoms with Gasteiger partial charge < -0.3 is 10.4 Å². The SMILES string of the molecule is Cc1ccccc1CSCC(=O)Nc1cc([N+](=O)[O-])ccc1O. The number of hydrogen-bond acceptors (Lipinski definition) is 5. The molecular formula is C16H16N2O4S. The lowest BCUT2D eigenvalue weighted by Gasteiger charge is -2.08. The molecule has 2 aromatic carbocycles. The highest BCUT2D eigenvalue weighted by molar-refractivity contribution is 7.99. The van der Waals surface area contributed by atoms with Gasteiger partial charge in [-0.2, -0.15) is 0 Å². The molecule has 0 radical (unpaired) electrons. The molecule has 0 aliphatic heterocycles. The molecule has 7 heteroatoms. The summed E-state index contributed by atoms with van der Waals surface area (Å²) in [4.78, 5) is 22.0. The lowest BCUT2D eigenvalue weighted by molar-refractivity contribution is -0.384. The molecule has 120 valence electrons. The number of aryl methyl sites for hydroxylation is 1. The number of nitro benzene ring substituents is 1. The van der Waals surface area contributed by atoms with E-state index in [1.807, 2.05) is 31.2 Å². The fourth-order valence-electron chi connectivity index (χ4n) is 1.95. The zero-order chi connectivity index (χ0) is 16.8. The molecule has 0 heterocycles. The number of benzene rings is 2. The van der Waals surface area contributed by atoms with Crippen molar-refractivity contribution in [1.29, 1.82) is 0 Å². The molecule has 0 aliphatic carbocycles. The number of hydrogen-bond donors (Lipinski definition) is 2. The van der Waals surface area contributed by atoms with E-state index >= 15 is 0 Å². The van der Waals surface area contributed by atoms with Gasteiger partial charge in [0.15, 0.2) is 0 Å². The van der Waals surface area contributed by atoms with Crippen molar-refractivity contribution in [2.75, 3.05) is 11.1 Å². The molecule has 0 aromatic heterocycles. The van der Waals surface area contributed by atoms with Crippen LogP contribution in [0.3, 0.4) is 0 Å². The van der Waals surface area contributed by atoms with Crippen LogP contribution in [0, 0.1) is 17.0 Å². The lowest BCUT2D eigenvalue weighted by atomic mass is 10.1. The summed E-state index contributed by atoms with van der Waals surface area (Å²) in [6.45, 7) is 2.01. The summed E-state index contributed by atoms with van der Waals surface area (Å²) < 4.78 is 0. The van der Waals surface area contributed by atoms with Gasteiger partial charge in [-0.05, 0) is 24.1 Å². The number of carbonyl (C=O) groups is 1. The first kappa shape index (κ1) is 16.8. The van der Waals surface area contributed by atoms with Gasteiger partial charge in [0.05, 0.1) is 16.4 Å². The van der Waals surface area contributed by atoms with Gasteiger partial charge in [-0.25, -0.2) is 0 Å². The van der Waals surface area contributed by atoms with Gasteiger partial charge in [-0.3, -0.25) is 14.9 Å². The lowest BCUT2D eigenvalue weighted by Crippen LogP contribution is -2.14. The van der Waals surface area contributed by atoms with Gasteiger partial charge >= 0.3 is 0 Å². The summed E-state index contributed by atoms with van der Waals surface area (Å²) in [5, 5.41) is 22.9. The van der Waals surface area contributed by atoms with E-state index in [2.05, 4.69) is 5.32 Å². The Morgan fingerprint density at radius 1 is 1.30 bits per heavy atom. The molecule has 0 saturated heterocycles. The van der Waals surface area contributed by atoms with E-state index in [1.165, 1.54) is 23.9 Å². The minimum Gasteiger partial charge on any atom is -0.506 e. The van der Waals surface area contributed by atoms with Gasteiger partial charge in [0.1, 0.15) is 5.75 Å². The average molecular weight is 332 g/mol. The summed E-state index contributed by atoms with van der Waals surface area (Å²) in [6.07, 6.45) is 0. The molecule has 2 rings (SSSR count). The highest BCUT2D eigenvalue weighted by Crippen LogP contribution is 2.28. The minimum atomic E-state index is -0.581. The largest absolute Gasteiger partial charge is 0.506 e. The molecule has 0 bridgehead atoms. The number of nitrogens with one attached hydrogen (secondary N) is 1. The van der Waals surface area contributed by atoms with Crippen LogP contribution in [0.1, 0.15) is 11.1 Å². The Bertz CT molecular complexity index is 734. The number of aromatic hydroxyl groups is 1. The number of non-ortho nitro benzene ring substituents is 1. The van der Waals surface area contributed by atoms with E-state index in [-0.39, 0.29) is 28.8 Å². The quantitative estimate of drug-likeness (QED) is 0.480. The Hall–Kier alpha value is -2.54. The molecule has 0 spiro atoms. The number of nitrogens with zero attached hydrogens (tertiary/aromatic N) is 1. The molecule has 6 nitrogen and oxygen atoms in total. The van der Waals surface area contributed by atoms with E-state index in [0.29, 0.717) is 5.75 Å². The van der Waals surface area contributed by atoms with E-state index in [9.17, 15) is 20.0 Å². The summed E-state index contributed by atoms with van der Waals surface area (Å²) in [6, 6.07) is 11.4. The predicted molar refractivity (Wildman–Crippen MR) is 90.7 cm³/mol. The molecule has 0 unspecified atom stereocenters. The van der Waals surface area contributed by atoms with Crippen molar-refractivity contribution in [1.82, 2.24) is 0 Å². The van der Waals surface area contributed by atoms with Crippen LogP contribution >= 0.6 is 11.8 Å². The molecule has 2 N–H and O–H groups in total. The number of carbonyl (C=O) groups excluding carboxylic acids is 1. The van der Waals surface area contributed by atoms with E-state index in [0.717, 1.165) is 17.2 Å². The van der Waals surface area contributed by atoms with Gasteiger partial charge in [0.2, 0.25) is 5.91 Å². The Kier molecular flexibility index (Phi) is 5.59. The Balaban J connectivity index is 1.91. The average Bonchev–Trinajstić information content (AvgIpc) is 2.51. The highest BCUT2D eigenvalue weighted by Gasteiger charge is 2.12. The Labute approximate surface area is 137 Å². The van der Waals surface area contributed by atoms with Crippen molar-refractivity contribution in [2.24, 2.45) is 0 Å². The van der Waals surface area contributed by atoms with Crippen molar-refractivity contribution in [3.63, 3.8) is 0 Å². The number of anilines is 1. The molecule has 0 fully saturated rings. The topological polar surface area (TPSA) is 92.5 Å². The predicted octanol–water partition coefficient (Wildman–Crippen LogP) is 3.48. The van der Waals surface area contributed by atoms with Gasteiger partial charge in [-0.1, -0.05) is 24.3 Å². The van der Waals surface area contributed by atoms with Gasteiger partial charge in [0.25, 0.3) is 5.69 Å². The molecule has 0 atom stereocenters. The molecule has 0 saturated carbocycles. The molecule has 2 aromatic rings. The summed E-state index contributed by atoms with van der Waals surface area (Å²) >= 11 is 1.44. The number of thioether (sulfide) groups is 1. The summed E-state index contributed by atoms with van der Waals surface area (Å²) in [5.74, 6) is 0.365. The molecular weight excluding hydrogens is 316 g/mol. The van der Waals surface area contributed by atoms with Crippen LogP contribution in [0.5, 0.6) is 5.75 Å². The second-order valence-corrected chi connectivity index (χ2v) is 5.91. The van der Waals surface area contributed by atoms with Crippen LogP contribution < -0.4 is 5.32 Å². The van der Waals surface area contributed by atoms with Crippen molar-refractivity contribution in [3.05, 3.63) is 63.7 Å². The van der Waals surface area contributed by atoms with Gasteiger partial charge in [-0.15, -0.1) is 11.8 Å². The third-order valence-corrected chi connectivity index (χ3v) is 4.20. The highest BCUT2D eigenvalue weighted by atomic mass is 32.2. The van der Waals surface area contributed by atoms with Crippen LogP contribution in [0.25, 0.3) is 0 Å². The standard InChI is InChI=1S/C16H16N2O4S/c1-11-4-2-3-5-12(11)9-23-10-16(20)17-14-8-13(18(21)22)6-7-15(14)19/h2-8,19H,9-10H2,1H3,(H,17,20). The van der Waals surface area contributed by atoms with Crippen molar-refractivity contribution >= 4 is 29.0 Å². The summed E-state index contributed by atoms with van der Waals surface area (Å²) in [5.41, 5.74) is 2.17. The maximum absolute atomic E-state index is 11.9. The van der Waals surface area contributed by atoms with Crippen LogP contribution in [0.4, 0.5) is 11.4 Å². The summed E-state index contributed by atoms with van der Waals surface area (Å²) in [7, 11) is 0. The van der Waals surface area contributed by atoms with Crippen LogP contribution in [0.15, 0.2) is 42.5 Å². The molecule has 23 heavy (non-hydrogen) atoms. The van der Waals surface area contributed by atoms with Crippen molar-refractivity contribution < 1.29 is 14.8 Å². The Morgan fingerprint density at radius 2 is 2.04 bits per heavy atom. The zero-order valence-corrected chi connectivity index (χ0v) is 13.3. The van der Waals surface area contributed by atoms with Crippen LogP contribution in [0.2, 0.25) is 0 Å². The fourth-order valence-corrected chi connectivity index (χ4v) is 2.85.